The van der Waals surface area contributed by atoms with Crippen molar-refractivity contribution in [3.63, 3.8) is 0 Å². The molecule has 1 fully saturated rings. The Balaban J connectivity index is 1.52. The molecule has 2 aromatic rings. The standard InChI is InChI=1S/C21H23Cl2N3O2S/c1-14(18-7-4-16(22)13-19(18)23)24-21(28)25-17-5-2-15(3-6-17)12-20(27)26-8-10-29-11-9-26/h2-7,13-14H,8-12H2,1H3,(H2,24,25,28). The average molecular weight is 452 g/mol. The van der Waals surface area contributed by atoms with E-state index < -0.39 is 0 Å². The molecule has 1 heterocycles. The van der Waals surface area contributed by atoms with Crippen LogP contribution in [0.1, 0.15) is 24.1 Å². The second-order valence-electron chi connectivity index (χ2n) is 6.85. The Hall–Kier alpha value is -1.89. The second kappa shape index (κ2) is 10.2. The van der Waals surface area contributed by atoms with Crippen LogP contribution in [0, 0.1) is 0 Å². The van der Waals surface area contributed by atoms with Gasteiger partial charge < -0.3 is 15.5 Å². The summed E-state index contributed by atoms with van der Waals surface area (Å²) < 4.78 is 0. The highest BCUT2D eigenvalue weighted by Gasteiger charge is 2.17. The molecule has 1 saturated heterocycles. The number of urea groups is 1. The van der Waals surface area contributed by atoms with Gasteiger partial charge in [-0.3, -0.25) is 4.79 Å². The topological polar surface area (TPSA) is 61.4 Å². The molecule has 0 spiro atoms. The van der Waals surface area contributed by atoms with Crippen molar-refractivity contribution < 1.29 is 9.59 Å². The highest BCUT2D eigenvalue weighted by molar-refractivity contribution is 7.99. The van der Waals surface area contributed by atoms with Crippen LogP contribution in [0.5, 0.6) is 0 Å². The molecular formula is C21H23Cl2N3O2S. The van der Waals surface area contributed by atoms with Crippen molar-refractivity contribution in [2.24, 2.45) is 0 Å². The van der Waals surface area contributed by atoms with Crippen LogP contribution < -0.4 is 10.6 Å². The fourth-order valence-electron chi connectivity index (χ4n) is 3.10. The second-order valence-corrected chi connectivity index (χ2v) is 8.92. The van der Waals surface area contributed by atoms with E-state index in [1.807, 2.05) is 35.7 Å². The predicted octanol–water partition coefficient (Wildman–Crippen LogP) is 4.99. The van der Waals surface area contributed by atoms with E-state index in [-0.39, 0.29) is 18.0 Å². The third kappa shape index (κ3) is 6.29. The van der Waals surface area contributed by atoms with Gasteiger partial charge in [-0.2, -0.15) is 11.8 Å². The largest absolute Gasteiger partial charge is 0.341 e. The number of nitrogens with zero attached hydrogens (tertiary/aromatic N) is 1. The summed E-state index contributed by atoms with van der Waals surface area (Å²) in [5, 5.41) is 6.71. The molecule has 3 rings (SSSR count). The van der Waals surface area contributed by atoms with Crippen LogP contribution in [0.4, 0.5) is 10.5 Å². The number of carbonyl (C=O) groups excluding carboxylic acids is 2. The van der Waals surface area contributed by atoms with Crippen molar-refractivity contribution in [1.29, 1.82) is 0 Å². The Morgan fingerprint density at radius 1 is 1.10 bits per heavy atom. The highest BCUT2D eigenvalue weighted by Crippen LogP contribution is 2.26. The molecule has 8 heteroatoms. The molecule has 1 aliphatic rings. The summed E-state index contributed by atoms with van der Waals surface area (Å²) in [6.07, 6.45) is 0.378. The molecule has 2 N–H and O–H groups in total. The van der Waals surface area contributed by atoms with E-state index in [1.165, 1.54) is 0 Å². The van der Waals surface area contributed by atoms with Gasteiger partial charge in [-0.15, -0.1) is 0 Å². The molecule has 154 valence electrons. The van der Waals surface area contributed by atoms with Crippen molar-refractivity contribution in [2.75, 3.05) is 29.9 Å². The summed E-state index contributed by atoms with van der Waals surface area (Å²) in [5.74, 6) is 2.16. The lowest BCUT2D eigenvalue weighted by atomic mass is 10.1. The van der Waals surface area contributed by atoms with Gasteiger partial charge in [0.2, 0.25) is 5.91 Å². The molecule has 29 heavy (non-hydrogen) atoms. The Morgan fingerprint density at radius 2 is 1.79 bits per heavy atom. The predicted molar refractivity (Wildman–Crippen MR) is 121 cm³/mol. The monoisotopic (exact) mass is 451 g/mol. The number of nitrogens with one attached hydrogen (secondary N) is 2. The van der Waals surface area contributed by atoms with Crippen LogP contribution in [0.3, 0.4) is 0 Å². The lowest BCUT2D eigenvalue weighted by molar-refractivity contribution is -0.130. The SMILES string of the molecule is CC(NC(=O)Nc1ccc(CC(=O)N2CCSCC2)cc1)c1ccc(Cl)cc1Cl. The summed E-state index contributed by atoms with van der Waals surface area (Å²) in [6, 6.07) is 11.9. The summed E-state index contributed by atoms with van der Waals surface area (Å²) in [4.78, 5) is 26.6. The molecule has 0 bridgehead atoms. The first-order valence-electron chi connectivity index (χ1n) is 9.39. The van der Waals surface area contributed by atoms with Crippen molar-refractivity contribution >= 4 is 52.6 Å². The number of halogens is 2. The van der Waals surface area contributed by atoms with Crippen LogP contribution in [-0.2, 0) is 11.2 Å². The maximum atomic E-state index is 12.4. The highest BCUT2D eigenvalue weighted by atomic mass is 35.5. The molecule has 1 aliphatic heterocycles. The van der Waals surface area contributed by atoms with Gasteiger partial charge in [0.15, 0.2) is 0 Å². The Labute approximate surface area is 185 Å². The zero-order chi connectivity index (χ0) is 20.8. The molecular weight excluding hydrogens is 429 g/mol. The smallest absolute Gasteiger partial charge is 0.319 e. The van der Waals surface area contributed by atoms with Gasteiger partial charge in [0.1, 0.15) is 0 Å². The number of thioether (sulfide) groups is 1. The first-order valence-corrected chi connectivity index (χ1v) is 11.3. The molecule has 3 amide bonds. The molecule has 0 aliphatic carbocycles. The van der Waals surface area contributed by atoms with Gasteiger partial charge in [-0.1, -0.05) is 41.4 Å². The quantitative estimate of drug-likeness (QED) is 0.672. The number of carbonyl (C=O) groups is 2. The summed E-state index contributed by atoms with van der Waals surface area (Å²) in [7, 11) is 0. The number of rotatable bonds is 5. The van der Waals surface area contributed by atoms with Gasteiger partial charge in [0.25, 0.3) is 0 Å². The van der Waals surface area contributed by atoms with E-state index in [0.29, 0.717) is 22.2 Å². The molecule has 2 aromatic carbocycles. The van der Waals surface area contributed by atoms with Crippen LogP contribution in [0.2, 0.25) is 10.0 Å². The van der Waals surface area contributed by atoms with Crippen molar-refractivity contribution in [3.05, 3.63) is 63.6 Å². The normalized spacial score (nSPS) is 14.9. The van der Waals surface area contributed by atoms with E-state index in [4.69, 9.17) is 23.2 Å². The maximum Gasteiger partial charge on any atom is 0.319 e. The van der Waals surface area contributed by atoms with Gasteiger partial charge in [0, 0.05) is 40.3 Å². The number of hydrogen-bond donors (Lipinski definition) is 2. The molecule has 1 atom stereocenters. The number of anilines is 1. The Bertz CT molecular complexity index is 871. The van der Waals surface area contributed by atoms with Gasteiger partial charge in [-0.25, -0.2) is 4.79 Å². The molecule has 1 unspecified atom stereocenters. The molecule has 0 radical (unpaired) electrons. The lowest BCUT2D eigenvalue weighted by Crippen LogP contribution is -2.38. The first kappa shape index (κ1) is 21.8. The minimum absolute atomic E-state index is 0.150. The summed E-state index contributed by atoms with van der Waals surface area (Å²) in [6.45, 7) is 3.49. The van der Waals surface area contributed by atoms with Crippen LogP contribution in [0.15, 0.2) is 42.5 Å². The third-order valence-corrected chi connectivity index (χ3v) is 6.21. The molecule has 5 nitrogen and oxygen atoms in total. The summed E-state index contributed by atoms with van der Waals surface area (Å²) >= 11 is 14.0. The van der Waals surface area contributed by atoms with E-state index in [2.05, 4.69) is 10.6 Å². The maximum absolute atomic E-state index is 12.4. The van der Waals surface area contributed by atoms with E-state index >= 15 is 0 Å². The molecule has 0 saturated carbocycles. The van der Waals surface area contributed by atoms with E-state index in [0.717, 1.165) is 35.7 Å². The van der Waals surface area contributed by atoms with Crippen LogP contribution in [0.25, 0.3) is 0 Å². The lowest BCUT2D eigenvalue weighted by Gasteiger charge is -2.26. The zero-order valence-electron chi connectivity index (χ0n) is 16.1. The minimum Gasteiger partial charge on any atom is -0.341 e. The fourth-order valence-corrected chi connectivity index (χ4v) is 4.57. The van der Waals surface area contributed by atoms with Crippen LogP contribution >= 0.6 is 35.0 Å². The third-order valence-electron chi connectivity index (χ3n) is 4.71. The van der Waals surface area contributed by atoms with Crippen molar-refractivity contribution in [1.82, 2.24) is 10.2 Å². The number of benzene rings is 2. The number of hydrogen-bond acceptors (Lipinski definition) is 3. The van der Waals surface area contributed by atoms with Gasteiger partial charge in [0.05, 0.1) is 12.5 Å². The fraction of sp³-hybridized carbons (Fsp3) is 0.333. The van der Waals surface area contributed by atoms with Crippen LogP contribution in [-0.4, -0.2) is 41.4 Å². The van der Waals surface area contributed by atoms with Crippen molar-refractivity contribution in [2.45, 2.75) is 19.4 Å². The van der Waals surface area contributed by atoms with E-state index in [1.54, 1.807) is 30.3 Å². The molecule has 0 aromatic heterocycles. The van der Waals surface area contributed by atoms with Crippen molar-refractivity contribution in [3.8, 4) is 0 Å². The van der Waals surface area contributed by atoms with E-state index in [9.17, 15) is 9.59 Å². The summed E-state index contributed by atoms with van der Waals surface area (Å²) in [5.41, 5.74) is 2.37. The number of amides is 3. The van der Waals surface area contributed by atoms with Gasteiger partial charge in [-0.05, 0) is 42.3 Å². The Kier molecular flexibility index (Phi) is 7.70. The average Bonchev–Trinajstić information content (AvgIpc) is 2.70. The van der Waals surface area contributed by atoms with Gasteiger partial charge >= 0.3 is 6.03 Å². The Morgan fingerprint density at radius 3 is 2.45 bits per heavy atom. The first-order chi connectivity index (χ1) is 13.9. The minimum atomic E-state index is -0.335. The zero-order valence-corrected chi connectivity index (χ0v) is 18.4.